The number of carbonyl (C=O) groups excluding carboxylic acids is 1. The van der Waals surface area contributed by atoms with Gasteiger partial charge >= 0.3 is 0 Å². The molecular weight excluding hydrogens is 348 g/mol. The molecular formula is C20H24N2O3S. The summed E-state index contributed by atoms with van der Waals surface area (Å²) in [5, 5.41) is 5.15. The minimum Gasteiger partial charge on any atom is -0.454 e. The zero-order valence-electron chi connectivity index (χ0n) is 15.0. The number of hydrogen-bond donors (Lipinski definition) is 1. The molecule has 138 valence electrons. The van der Waals surface area contributed by atoms with E-state index < -0.39 is 0 Å². The number of thioether (sulfide) groups is 1. The summed E-state index contributed by atoms with van der Waals surface area (Å²) in [5.74, 6) is 2.03. The first-order chi connectivity index (χ1) is 12.7. The van der Waals surface area contributed by atoms with Crippen molar-refractivity contribution in [3.8, 4) is 11.5 Å². The predicted molar refractivity (Wildman–Crippen MR) is 103 cm³/mol. The second kappa shape index (κ2) is 7.74. The Bertz CT molecular complexity index is 818. The van der Waals surface area contributed by atoms with Crippen molar-refractivity contribution in [3.05, 3.63) is 23.8 Å². The average molecular weight is 372 g/mol. The van der Waals surface area contributed by atoms with E-state index in [9.17, 15) is 4.79 Å². The van der Waals surface area contributed by atoms with Gasteiger partial charge in [-0.3, -0.25) is 4.79 Å². The van der Waals surface area contributed by atoms with Crippen LogP contribution in [0.15, 0.2) is 23.2 Å². The molecule has 1 N–H and O–H groups in total. The summed E-state index contributed by atoms with van der Waals surface area (Å²) in [4.78, 5) is 17.1. The molecule has 1 saturated carbocycles. The smallest absolute Gasteiger partial charge is 0.231 e. The average Bonchev–Trinajstić information content (AvgIpc) is 3.11. The second-order valence-corrected chi connectivity index (χ2v) is 7.86. The van der Waals surface area contributed by atoms with Gasteiger partial charge in [-0.1, -0.05) is 37.9 Å². The van der Waals surface area contributed by atoms with Crippen molar-refractivity contribution in [2.24, 2.45) is 0 Å². The number of carbonyl (C=O) groups is 1. The Hall–Kier alpha value is -1.95. The van der Waals surface area contributed by atoms with Crippen molar-refractivity contribution in [3.63, 3.8) is 0 Å². The summed E-state index contributed by atoms with van der Waals surface area (Å²) in [6, 6.07) is 6.40. The first kappa shape index (κ1) is 17.5. The molecule has 0 atom stereocenters. The van der Waals surface area contributed by atoms with Crippen molar-refractivity contribution in [1.82, 2.24) is 10.3 Å². The largest absolute Gasteiger partial charge is 0.454 e. The lowest BCUT2D eigenvalue weighted by atomic mass is 9.95. The molecule has 1 aromatic heterocycles. The van der Waals surface area contributed by atoms with Crippen molar-refractivity contribution in [1.29, 1.82) is 0 Å². The third-order valence-electron chi connectivity index (χ3n) is 5.04. The quantitative estimate of drug-likeness (QED) is 0.802. The predicted octanol–water partition coefficient (Wildman–Crippen LogP) is 4.07. The van der Waals surface area contributed by atoms with E-state index in [1.54, 1.807) is 0 Å². The van der Waals surface area contributed by atoms with E-state index in [4.69, 9.17) is 14.5 Å². The lowest BCUT2D eigenvalue weighted by Crippen LogP contribution is -2.37. The molecule has 26 heavy (non-hydrogen) atoms. The van der Waals surface area contributed by atoms with E-state index in [0.717, 1.165) is 52.3 Å². The zero-order chi connectivity index (χ0) is 17.9. The standard InChI is InChI=1S/C20H24N2O3S/c1-2-13-8-14-9-17-18(25-12-24-17)10-16(14)22-20(13)26-11-19(23)21-15-6-4-3-5-7-15/h8-10,15H,2-7,11-12H2,1H3,(H,21,23). The fourth-order valence-electron chi connectivity index (χ4n) is 3.62. The number of rotatable bonds is 5. The van der Waals surface area contributed by atoms with Crippen LogP contribution in [0, 0.1) is 0 Å². The van der Waals surface area contributed by atoms with Crippen LogP contribution in [0.5, 0.6) is 11.5 Å². The van der Waals surface area contributed by atoms with Gasteiger partial charge in [0.25, 0.3) is 0 Å². The minimum atomic E-state index is 0.108. The van der Waals surface area contributed by atoms with Gasteiger partial charge in [0.05, 0.1) is 11.3 Å². The van der Waals surface area contributed by atoms with Crippen LogP contribution >= 0.6 is 11.8 Å². The Kier molecular flexibility index (Phi) is 5.20. The van der Waals surface area contributed by atoms with Crippen molar-refractivity contribution >= 4 is 28.6 Å². The van der Waals surface area contributed by atoms with Gasteiger partial charge in [0.2, 0.25) is 12.7 Å². The molecule has 1 amide bonds. The lowest BCUT2D eigenvalue weighted by Gasteiger charge is -2.22. The molecule has 0 saturated heterocycles. The molecule has 1 aliphatic carbocycles. The van der Waals surface area contributed by atoms with Gasteiger partial charge < -0.3 is 14.8 Å². The van der Waals surface area contributed by atoms with Crippen LogP contribution in [0.1, 0.15) is 44.6 Å². The highest BCUT2D eigenvalue weighted by atomic mass is 32.2. The van der Waals surface area contributed by atoms with Gasteiger partial charge in [0, 0.05) is 17.5 Å². The topological polar surface area (TPSA) is 60.5 Å². The molecule has 2 aromatic rings. The van der Waals surface area contributed by atoms with Crippen LogP contribution in [-0.4, -0.2) is 29.5 Å². The number of ether oxygens (including phenoxy) is 2. The first-order valence-corrected chi connectivity index (χ1v) is 10.4. The van der Waals surface area contributed by atoms with Crippen molar-refractivity contribution < 1.29 is 14.3 Å². The highest BCUT2D eigenvalue weighted by Gasteiger charge is 2.18. The van der Waals surface area contributed by atoms with Crippen LogP contribution in [0.3, 0.4) is 0 Å². The summed E-state index contributed by atoms with van der Waals surface area (Å²) in [5.41, 5.74) is 2.04. The summed E-state index contributed by atoms with van der Waals surface area (Å²) in [6.45, 7) is 2.37. The Balaban J connectivity index is 1.48. The maximum absolute atomic E-state index is 12.3. The molecule has 0 radical (unpaired) electrons. The molecule has 6 heteroatoms. The summed E-state index contributed by atoms with van der Waals surface area (Å²) >= 11 is 1.52. The molecule has 1 aromatic carbocycles. The highest BCUT2D eigenvalue weighted by molar-refractivity contribution is 7.99. The lowest BCUT2D eigenvalue weighted by molar-refractivity contribution is -0.119. The number of fused-ring (bicyclic) bond motifs is 2. The third-order valence-corrected chi connectivity index (χ3v) is 6.07. The van der Waals surface area contributed by atoms with Crippen LogP contribution in [0.25, 0.3) is 10.9 Å². The number of pyridine rings is 1. The summed E-state index contributed by atoms with van der Waals surface area (Å²) in [6.07, 6.45) is 6.83. The monoisotopic (exact) mass is 372 g/mol. The SMILES string of the molecule is CCc1cc2cc3c(cc2nc1SCC(=O)NC1CCCCC1)OCO3. The molecule has 4 rings (SSSR count). The highest BCUT2D eigenvalue weighted by Crippen LogP contribution is 2.37. The van der Waals surface area contributed by atoms with Gasteiger partial charge in [0.1, 0.15) is 5.03 Å². The van der Waals surface area contributed by atoms with Gasteiger partial charge in [-0.2, -0.15) is 0 Å². The first-order valence-electron chi connectivity index (χ1n) is 9.38. The van der Waals surface area contributed by atoms with E-state index in [2.05, 4.69) is 18.3 Å². The number of aromatic nitrogens is 1. The Morgan fingerprint density at radius 2 is 1.96 bits per heavy atom. The molecule has 5 nitrogen and oxygen atoms in total. The zero-order valence-corrected chi connectivity index (χ0v) is 15.9. The number of aryl methyl sites for hydroxylation is 1. The van der Waals surface area contributed by atoms with Crippen molar-refractivity contribution in [2.75, 3.05) is 12.5 Å². The van der Waals surface area contributed by atoms with Crippen LogP contribution < -0.4 is 14.8 Å². The normalized spacial score (nSPS) is 16.8. The van der Waals surface area contributed by atoms with Gasteiger partial charge in [-0.05, 0) is 37.0 Å². The van der Waals surface area contributed by atoms with E-state index in [1.807, 2.05) is 12.1 Å². The van der Waals surface area contributed by atoms with Crippen molar-refractivity contribution in [2.45, 2.75) is 56.5 Å². The Labute approximate surface area is 157 Å². The summed E-state index contributed by atoms with van der Waals surface area (Å²) in [7, 11) is 0. The van der Waals surface area contributed by atoms with E-state index in [0.29, 0.717) is 11.8 Å². The van der Waals surface area contributed by atoms with Crippen LogP contribution in [0.4, 0.5) is 0 Å². The Morgan fingerprint density at radius 1 is 1.19 bits per heavy atom. The van der Waals surface area contributed by atoms with E-state index >= 15 is 0 Å². The van der Waals surface area contributed by atoms with Gasteiger partial charge in [-0.15, -0.1) is 0 Å². The molecule has 0 unspecified atom stereocenters. The molecule has 0 bridgehead atoms. The summed E-state index contributed by atoms with van der Waals surface area (Å²) < 4.78 is 10.9. The molecule has 2 aliphatic rings. The minimum absolute atomic E-state index is 0.108. The van der Waals surface area contributed by atoms with Crippen LogP contribution in [-0.2, 0) is 11.2 Å². The molecule has 1 fully saturated rings. The fourth-order valence-corrected chi connectivity index (χ4v) is 4.52. The maximum Gasteiger partial charge on any atom is 0.231 e. The second-order valence-electron chi connectivity index (χ2n) is 6.90. The number of amides is 1. The maximum atomic E-state index is 12.3. The number of nitrogens with zero attached hydrogens (tertiary/aromatic N) is 1. The molecule has 1 aliphatic heterocycles. The number of nitrogens with one attached hydrogen (secondary N) is 1. The fraction of sp³-hybridized carbons (Fsp3) is 0.500. The number of benzene rings is 1. The number of hydrogen-bond acceptors (Lipinski definition) is 5. The Morgan fingerprint density at radius 3 is 2.73 bits per heavy atom. The third kappa shape index (κ3) is 3.75. The molecule has 2 heterocycles. The molecule has 0 spiro atoms. The van der Waals surface area contributed by atoms with Crippen LogP contribution in [0.2, 0.25) is 0 Å². The van der Waals surface area contributed by atoms with E-state index in [-0.39, 0.29) is 12.7 Å². The van der Waals surface area contributed by atoms with Gasteiger partial charge in [0.15, 0.2) is 11.5 Å². The van der Waals surface area contributed by atoms with E-state index in [1.165, 1.54) is 31.0 Å². The van der Waals surface area contributed by atoms with Gasteiger partial charge in [-0.25, -0.2) is 4.98 Å².